The Morgan fingerprint density at radius 3 is 1.69 bits per heavy atom. The Labute approximate surface area is 83.1 Å². The predicted octanol–water partition coefficient (Wildman–Crippen LogP) is -0.0494. The highest BCUT2D eigenvalue weighted by Crippen LogP contribution is 2.48. The molecular weight excluding hydrogens is 229 g/mol. The number of hydrogen-bond donors (Lipinski definition) is 4. The Kier molecular flexibility index (Phi) is 9.17. The Hall–Kier alpha value is 1.13. The molecule has 0 aromatic rings. The van der Waals surface area contributed by atoms with Gasteiger partial charge in [0, 0.05) is 5.40 Å². The van der Waals surface area contributed by atoms with Gasteiger partial charge in [0.2, 0.25) is 0 Å². The van der Waals surface area contributed by atoms with E-state index in [-0.39, 0.29) is 30.8 Å². The summed E-state index contributed by atoms with van der Waals surface area (Å²) in [6, 6.07) is 0. The van der Waals surface area contributed by atoms with Crippen molar-refractivity contribution in [3.63, 3.8) is 0 Å². The van der Waals surface area contributed by atoms with Gasteiger partial charge in [0.05, 0.1) is 25.4 Å². The SMILES string of the molecule is OCP(CO)CC(P)P(CO)CO. The monoisotopic (exact) mass is 246 g/mol. The molecule has 0 heterocycles. The summed E-state index contributed by atoms with van der Waals surface area (Å²) in [6.07, 6.45) is 0.702. The van der Waals surface area contributed by atoms with Crippen molar-refractivity contribution >= 4 is 25.1 Å². The van der Waals surface area contributed by atoms with Crippen molar-refractivity contribution in [1.29, 1.82) is 0 Å². The molecular formula is C6H17O4P3. The smallest absolute Gasteiger partial charge is 0.0652 e. The summed E-state index contributed by atoms with van der Waals surface area (Å²) in [7, 11) is 1.02. The molecule has 0 fully saturated rings. The van der Waals surface area contributed by atoms with Crippen molar-refractivity contribution in [3.8, 4) is 0 Å². The molecule has 0 spiro atoms. The van der Waals surface area contributed by atoms with E-state index in [1.54, 1.807) is 0 Å². The lowest BCUT2D eigenvalue weighted by Gasteiger charge is -2.23. The molecule has 0 aromatic heterocycles. The van der Waals surface area contributed by atoms with Crippen LogP contribution in [0.25, 0.3) is 0 Å². The fourth-order valence-electron chi connectivity index (χ4n) is 0.795. The minimum Gasteiger partial charge on any atom is -0.392 e. The third-order valence-electron chi connectivity index (χ3n) is 1.68. The zero-order chi connectivity index (χ0) is 10.3. The van der Waals surface area contributed by atoms with E-state index in [0.29, 0.717) is 6.16 Å². The molecule has 4 N–H and O–H groups in total. The summed E-state index contributed by atoms with van der Waals surface area (Å²) in [5.74, 6) is 0. The van der Waals surface area contributed by atoms with Crippen LogP contribution in [-0.4, -0.2) is 57.4 Å². The zero-order valence-electron chi connectivity index (χ0n) is 7.37. The van der Waals surface area contributed by atoms with Crippen LogP contribution in [0.5, 0.6) is 0 Å². The lowest BCUT2D eigenvalue weighted by Crippen LogP contribution is -2.08. The molecule has 0 aliphatic heterocycles. The number of aliphatic hydroxyl groups is 4. The first-order valence-corrected chi connectivity index (χ1v) is 8.19. The molecule has 0 amide bonds. The first-order valence-electron chi connectivity index (χ1n) is 3.85. The maximum atomic E-state index is 8.89. The van der Waals surface area contributed by atoms with E-state index < -0.39 is 15.8 Å². The van der Waals surface area contributed by atoms with Gasteiger partial charge < -0.3 is 20.4 Å². The summed E-state index contributed by atoms with van der Waals surface area (Å²) in [5.41, 5.74) is 0. The van der Waals surface area contributed by atoms with Gasteiger partial charge in [-0.15, -0.1) is 9.24 Å². The summed E-state index contributed by atoms with van der Waals surface area (Å²) < 4.78 is 0. The zero-order valence-corrected chi connectivity index (χ0v) is 10.3. The van der Waals surface area contributed by atoms with Crippen LogP contribution in [0.1, 0.15) is 0 Å². The van der Waals surface area contributed by atoms with Crippen molar-refractivity contribution in [2.75, 3.05) is 31.6 Å². The van der Waals surface area contributed by atoms with Crippen LogP contribution >= 0.6 is 25.1 Å². The van der Waals surface area contributed by atoms with E-state index in [4.69, 9.17) is 20.4 Å². The second-order valence-electron chi connectivity index (χ2n) is 2.58. The molecule has 0 aromatic carbocycles. The van der Waals surface area contributed by atoms with Gasteiger partial charge in [-0.1, -0.05) is 7.92 Å². The summed E-state index contributed by atoms with van der Waals surface area (Å²) in [5, 5.41) is 35.6. The highest BCUT2D eigenvalue weighted by molar-refractivity contribution is 7.67. The lowest BCUT2D eigenvalue weighted by atomic mass is 10.9. The molecule has 0 radical (unpaired) electrons. The Balaban J connectivity index is 3.87. The number of hydrogen-bond acceptors (Lipinski definition) is 4. The van der Waals surface area contributed by atoms with Gasteiger partial charge in [0.15, 0.2) is 0 Å². The predicted molar refractivity (Wildman–Crippen MR) is 60.5 cm³/mol. The van der Waals surface area contributed by atoms with Crippen LogP contribution in [0, 0.1) is 0 Å². The van der Waals surface area contributed by atoms with Crippen LogP contribution in [0.3, 0.4) is 0 Å². The Bertz CT molecular complexity index is 118. The lowest BCUT2D eigenvalue weighted by molar-refractivity contribution is 0.340. The standard InChI is InChI=1S/C6H17O4P3/c7-2-12(3-8)1-6(11)13(4-9)5-10/h6-10H,1-5,11H2. The van der Waals surface area contributed by atoms with E-state index in [1.165, 1.54) is 0 Å². The van der Waals surface area contributed by atoms with Crippen LogP contribution < -0.4 is 0 Å². The highest BCUT2D eigenvalue weighted by Gasteiger charge is 2.18. The minimum absolute atomic E-state index is 0.0000302. The molecule has 2 atom stereocenters. The van der Waals surface area contributed by atoms with E-state index >= 15 is 0 Å². The molecule has 4 nitrogen and oxygen atoms in total. The molecule has 0 saturated heterocycles. The molecule has 2 unspecified atom stereocenters. The summed E-state index contributed by atoms with van der Waals surface area (Å²) >= 11 is 0. The van der Waals surface area contributed by atoms with E-state index in [9.17, 15) is 0 Å². The van der Waals surface area contributed by atoms with Crippen molar-refractivity contribution < 1.29 is 20.4 Å². The van der Waals surface area contributed by atoms with E-state index in [0.717, 1.165) is 0 Å². The highest BCUT2D eigenvalue weighted by atomic mass is 31.2. The maximum Gasteiger partial charge on any atom is 0.0652 e. The van der Waals surface area contributed by atoms with Gasteiger partial charge in [-0.2, -0.15) is 0 Å². The van der Waals surface area contributed by atoms with Gasteiger partial charge in [-0.25, -0.2) is 0 Å². The van der Waals surface area contributed by atoms with Crippen LogP contribution in [0.2, 0.25) is 0 Å². The largest absolute Gasteiger partial charge is 0.392 e. The third-order valence-corrected chi connectivity index (χ3v) is 7.42. The minimum atomic E-state index is -0.793. The van der Waals surface area contributed by atoms with Crippen molar-refractivity contribution in [1.82, 2.24) is 0 Å². The molecule has 0 aliphatic carbocycles. The second-order valence-corrected chi connectivity index (χ2v) is 8.62. The number of aliphatic hydroxyl groups excluding tert-OH is 4. The molecule has 0 saturated carbocycles. The molecule has 0 rings (SSSR count). The molecule has 13 heavy (non-hydrogen) atoms. The van der Waals surface area contributed by atoms with Gasteiger partial charge in [0.25, 0.3) is 0 Å². The normalized spacial score (nSPS) is 14.1. The van der Waals surface area contributed by atoms with Crippen LogP contribution in [-0.2, 0) is 0 Å². The quantitative estimate of drug-likeness (QED) is 0.475. The van der Waals surface area contributed by atoms with Crippen LogP contribution in [0.15, 0.2) is 0 Å². The fraction of sp³-hybridized carbons (Fsp3) is 1.00. The van der Waals surface area contributed by atoms with Gasteiger partial charge in [-0.05, 0) is 14.1 Å². The molecule has 7 heteroatoms. The number of rotatable bonds is 7. The molecule has 0 aliphatic rings. The van der Waals surface area contributed by atoms with Crippen molar-refractivity contribution in [2.45, 2.75) is 5.40 Å². The molecule has 0 bridgehead atoms. The van der Waals surface area contributed by atoms with Gasteiger partial charge in [-0.3, -0.25) is 0 Å². The summed E-state index contributed by atoms with van der Waals surface area (Å²) in [4.78, 5) is 0. The topological polar surface area (TPSA) is 80.9 Å². The first kappa shape index (κ1) is 14.1. The average Bonchev–Trinajstić information content (AvgIpc) is 2.16. The van der Waals surface area contributed by atoms with E-state index in [1.807, 2.05) is 0 Å². The second kappa shape index (κ2) is 8.44. The van der Waals surface area contributed by atoms with Crippen LogP contribution in [0.4, 0.5) is 0 Å². The van der Waals surface area contributed by atoms with E-state index in [2.05, 4.69) is 9.24 Å². The van der Waals surface area contributed by atoms with Crippen molar-refractivity contribution in [2.24, 2.45) is 0 Å². The Morgan fingerprint density at radius 1 is 0.923 bits per heavy atom. The maximum absolute atomic E-state index is 8.89. The summed E-state index contributed by atoms with van der Waals surface area (Å²) in [6.45, 7) is 0. The molecule has 80 valence electrons. The average molecular weight is 246 g/mol. The van der Waals surface area contributed by atoms with Gasteiger partial charge >= 0.3 is 0 Å². The first-order chi connectivity index (χ1) is 6.19. The van der Waals surface area contributed by atoms with Crippen molar-refractivity contribution in [3.05, 3.63) is 0 Å². The third kappa shape index (κ3) is 5.54. The Morgan fingerprint density at radius 2 is 1.38 bits per heavy atom. The fourth-order valence-corrected chi connectivity index (χ4v) is 5.23. The van der Waals surface area contributed by atoms with Gasteiger partial charge in [0.1, 0.15) is 0 Å².